The zero-order valence-corrected chi connectivity index (χ0v) is 35.5. The van der Waals surface area contributed by atoms with Crippen LogP contribution in [0.15, 0.2) is 224 Å². The Morgan fingerprint density at radius 2 is 0.889 bits per heavy atom. The summed E-state index contributed by atoms with van der Waals surface area (Å²) in [5.41, 5.74) is 18.2. The van der Waals surface area contributed by atoms with E-state index in [1.54, 1.807) is 0 Å². The highest BCUT2D eigenvalue weighted by Gasteiger charge is 2.40. The first kappa shape index (κ1) is 37.1. The van der Waals surface area contributed by atoms with Crippen molar-refractivity contribution in [1.29, 1.82) is 0 Å². The van der Waals surface area contributed by atoms with Gasteiger partial charge in [-0.15, -0.1) is 11.3 Å². The van der Waals surface area contributed by atoms with Gasteiger partial charge in [0, 0.05) is 42.3 Å². The third kappa shape index (κ3) is 6.31. The third-order valence-corrected chi connectivity index (χ3v) is 14.2. The summed E-state index contributed by atoms with van der Waals surface area (Å²) in [5, 5.41) is 2.57. The van der Waals surface area contributed by atoms with Crippen LogP contribution in [0.2, 0.25) is 0 Å². The van der Waals surface area contributed by atoms with E-state index in [2.05, 4.69) is 207 Å². The summed E-state index contributed by atoms with van der Waals surface area (Å²) >= 11 is 1.86. The lowest BCUT2D eigenvalue weighted by Crippen LogP contribution is -2.22. The maximum absolute atomic E-state index is 5.31. The second kappa shape index (κ2) is 15.0. The molecule has 2 heterocycles. The Morgan fingerprint density at radius 1 is 0.349 bits per heavy atom. The fourth-order valence-electron chi connectivity index (χ4n) is 9.77. The molecule has 0 fully saturated rings. The standard InChI is InChI=1S/C60H40N2S/c1-60(47-23-9-4-10-24-47)53-29-13-11-25-49(53)50-32-31-43(37-54(50)60)41-21-15-22-42(33-41)44-34-45(48-27-16-28-52-51-26-12-14-30-57(51)63-58(48)52)36-46(35-44)56-38-55(39-17-5-2-6-18-39)61-59(62-56)40-19-7-3-8-20-40/h2-38H,1H3. The molecular formula is C60H40N2S. The first-order valence-corrected chi connectivity index (χ1v) is 22.4. The summed E-state index contributed by atoms with van der Waals surface area (Å²) in [6.45, 7) is 2.39. The number of fused-ring (bicyclic) bond motifs is 6. The van der Waals surface area contributed by atoms with Crippen LogP contribution < -0.4 is 0 Å². The van der Waals surface area contributed by atoms with Crippen molar-refractivity contribution in [3.05, 3.63) is 241 Å². The summed E-state index contributed by atoms with van der Waals surface area (Å²) in [5.74, 6) is 0.703. The molecule has 2 nitrogen and oxygen atoms in total. The molecule has 1 aliphatic carbocycles. The maximum Gasteiger partial charge on any atom is 0.160 e. The molecule has 0 saturated heterocycles. The molecule has 296 valence electrons. The molecule has 0 saturated carbocycles. The molecule has 3 heteroatoms. The summed E-state index contributed by atoms with van der Waals surface area (Å²) in [6.07, 6.45) is 0. The highest BCUT2D eigenvalue weighted by molar-refractivity contribution is 7.26. The van der Waals surface area contributed by atoms with Gasteiger partial charge in [0.1, 0.15) is 0 Å². The third-order valence-electron chi connectivity index (χ3n) is 13.0. The molecule has 63 heavy (non-hydrogen) atoms. The van der Waals surface area contributed by atoms with E-state index in [1.807, 2.05) is 35.6 Å². The van der Waals surface area contributed by atoms with Crippen molar-refractivity contribution in [2.24, 2.45) is 0 Å². The number of hydrogen-bond acceptors (Lipinski definition) is 3. The second-order valence-electron chi connectivity index (χ2n) is 16.7. The molecule has 0 aliphatic heterocycles. The smallest absolute Gasteiger partial charge is 0.160 e. The van der Waals surface area contributed by atoms with Crippen molar-refractivity contribution in [2.75, 3.05) is 0 Å². The molecular weight excluding hydrogens is 781 g/mol. The Kier molecular flexibility index (Phi) is 8.84. The van der Waals surface area contributed by atoms with Crippen LogP contribution in [-0.2, 0) is 5.41 Å². The Balaban J connectivity index is 1.05. The van der Waals surface area contributed by atoms with Crippen LogP contribution >= 0.6 is 11.3 Å². The maximum atomic E-state index is 5.31. The normalized spacial score (nSPS) is 14.2. The predicted molar refractivity (Wildman–Crippen MR) is 265 cm³/mol. The molecule has 0 amide bonds. The fraction of sp³-hybridized carbons (Fsp3) is 0.0333. The fourth-order valence-corrected chi connectivity index (χ4v) is 11.0. The Morgan fingerprint density at radius 3 is 1.70 bits per heavy atom. The van der Waals surface area contributed by atoms with Gasteiger partial charge in [-0.25, -0.2) is 9.97 Å². The van der Waals surface area contributed by atoms with Crippen LogP contribution in [0, 0.1) is 0 Å². The van der Waals surface area contributed by atoms with Gasteiger partial charge < -0.3 is 0 Å². The predicted octanol–water partition coefficient (Wildman–Crippen LogP) is 16.2. The first-order valence-electron chi connectivity index (χ1n) is 21.6. The van der Waals surface area contributed by atoms with Gasteiger partial charge in [0.15, 0.2) is 5.82 Å². The van der Waals surface area contributed by atoms with Gasteiger partial charge in [0.05, 0.1) is 11.4 Å². The Hall–Kier alpha value is -7.72. The van der Waals surface area contributed by atoms with E-state index in [4.69, 9.17) is 9.97 Å². The van der Waals surface area contributed by atoms with Crippen molar-refractivity contribution >= 4 is 31.5 Å². The first-order chi connectivity index (χ1) is 31.1. The molecule has 12 rings (SSSR count). The van der Waals surface area contributed by atoms with Crippen LogP contribution in [-0.4, -0.2) is 9.97 Å². The van der Waals surface area contributed by atoms with E-state index in [9.17, 15) is 0 Å². The van der Waals surface area contributed by atoms with E-state index >= 15 is 0 Å². The Bertz CT molecular complexity index is 3460. The van der Waals surface area contributed by atoms with Crippen LogP contribution in [0.5, 0.6) is 0 Å². The Labute approximate surface area is 371 Å². The van der Waals surface area contributed by atoms with Crippen LogP contribution in [0.1, 0.15) is 23.6 Å². The molecule has 11 aromatic rings. The van der Waals surface area contributed by atoms with Crippen molar-refractivity contribution in [2.45, 2.75) is 12.3 Å². The highest BCUT2D eigenvalue weighted by atomic mass is 32.1. The second-order valence-corrected chi connectivity index (χ2v) is 17.7. The lowest BCUT2D eigenvalue weighted by Gasteiger charge is -2.28. The largest absolute Gasteiger partial charge is 0.228 e. The van der Waals surface area contributed by atoms with Gasteiger partial charge in [0.2, 0.25) is 0 Å². The number of rotatable bonds is 7. The number of hydrogen-bond donors (Lipinski definition) is 0. The van der Waals surface area contributed by atoms with Crippen LogP contribution in [0.25, 0.3) is 98.6 Å². The SMILES string of the molecule is CC1(c2ccccc2)c2ccccc2-c2ccc(-c3cccc(-c4cc(-c5cc(-c6ccccc6)nc(-c6ccccc6)n5)cc(-c5cccc6c5sc5ccccc56)c4)c3)cc21. The summed E-state index contributed by atoms with van der Waals surface area (Å²) < 4.78 is 2.58. The quantitative estimate of drug-likeness (QED) is 0.160. The van der Waals surface area contributed by atoms with Gasteiger partial charge in [-0.2, -0.15) is 0 Å². The van der Waals surface area contributed by atoms with E-state index in [0.717, 1.165) is 44.8 Å². The van der Waals surface area contributed by atoms with E-state index in [1.165, 1.54) is 64.7 Å². The van der Waals surface area contributed by atoms with E-state index in [-0.39, 0.29) is 5.41 Å². The lowest BCUT2D eigenvalue weighted by atomic mass is 9.74. The molecule has 0 bridgehead atoms. The summed E-state index contributed by atoms with van der Waals surface area (Å²) in [6, 6.07) is 81.3. The van der Waals surface area contributed by atoms with Crippen molar-refractivity contribution in [3.63, 3.8) is 0 Å². The number of nitrogens with zero attached hydrogens (tertiary/aromatic N) is 2. The molecule has 1 aliphatic rings. The van der Waals surface area contributed by atoms with E-state index < -0.39 is 0 Å². The monoisotopic (exact) mass is 820 g/mol. The topological polar surface area (TPSA) is 25.8 Å². The zero-order valence-electron chi connectivity index (χ0n) is 34.7. The van der Waals surface area contributed by atoms with Gasteiger partial charge >= 0.3 is 0 Å². The summed E-state index contributed by atoms with van der Waals surface area (Å²) in [7, 11) is 0. The number of thiophene rings is 1. The molecule has 2 aromatic heterocycles. The number of aromatic nitrogens is 2. The average molecular weight is 821 g/mol. The van der Waals surface area contributed by atoms with Crippen LogP contribution in [0.4, 0.5) is 0 Å². The van der Waals surface area contributed by atoms with Gasteiger partial charge in [-0.05, 0) is 111 Å². The van der Waals surface area contributed by atoms with Gasteiger partial charge in [-0.1, -0.05) is 182 Å². The minimum atomic E-state index is -0.271. The van der Waals surface area contributed by atoms with Crippen molar-refractivity contribution in [1.82, 2.24) is 9.97 Å². The molecule has 1 atom stereocenters. The molecule has 9 aromatic carbocycles. The van der Waals surface area contributed by atoms with E-state index in [0.29, 0.717) is 5.82 Å². The minimum absolute atomic E-state index is 0.271. The average Bonchev–Trinajstić information content (AvgIpc) is 3.87. The van der Waals surface area contributed by atoms with Gasteiger partial charge in [-0.3, -0.25) is 0 Å². The van der Waals surface area contributed by atoms with Gasteiger partial charge in [0.25, 0.3) is 0 Å². The van der Waals surface area contributed by atoms with Crippen molar-refractivity contribution < 1.29 is 0 Å². The zero-order chi connectivity index (χ0) is 41.9. The van der Waals surface area contributed by atoms with Crippen molar-refractivity contribution in [3.8, 4) is 78.4 Å². The number of benzene rings is 9. The lowest BCUT2D eigenvalue weighted by molar-refractivity contribution is 0.714. The molecule has 0 spiro atoms. The highest BCUT2D eigenvalue weighted by Crippen LogP contribution is 2.53. The van der Waals surface area contributed by atoms with Crippen LogP contribution in [0.3, 0.4) is 0 Å². The summed E-state index contributed by atoms with van der Waals surface area (Å²) in [4.78, 5) is 10.4. The minimum Gasteiger partial charge on any atom is -0.228 e. The molecule has 0 radical (unpaired) electrons. The molecule has 0 N–H and O–H groups in total. The molecule has 1 unspecified atom stereocenters.